The molecule has 2 aliphatic heterocycles. The largest absolute Gasteiger partial charge is 0.444 e. The number of rotatable bonds is 7. The average Bonchev–Trinajstić information content (AvgIpc) is 3.78. The molecule has 4 aliphatic rings. The van der Waals surface area contributed by atoms with Gasteiger partial charge in [0.2, 0.25) is 15.9 Å². The van der Waals surface area contributed by atoms with E-state index in [-0.39, 0.29) is 32.5 Å². The molecule has 2 aliphatic carbocycles. The van der Waals surface area contributed by atoms with Crippen molar-refractivity contribution in [3.05, 3.63) is 47.8 Å². The average molecular weight is 607 g/mol. The number of benzene rings is 1. The van der Waals surface area contributed by atoms with Gasteiger partial charge in [0.15, 0.2) is 0 Å². The number of sulfonamides is 1. The number of hydrogen-bond acceptors (Lipinski definition) is 8. The number of hydrogen-bond donors (Lipinski definition) is 2. The van der Waals surface area contributed by atoms with Crippen LogP contribution in [0.4, 0.5) is 14.0 Å². The molecule has 1 aromatic carbocycles. The van der Waals surface area contributed by atoms with Crippen LogP contribution in [0.2, 0.25) is 0 Å². The van der Waals surface area contributed by atoms with Gasteiger partial charge in [-0.2, -0.15) is 0 Å². The van der Waals surface area contributed by atoms with Gasteiger partial charge in [0, 0.05) is 24.4 Å². The van der Waals surface area contributed by atoms with Crippen molar-refractivity contribution in [3.63, 3.8) is 0 Å². The Labute approximate surface area is 243 Å². The van der Waals surface area contributed by atoms with E-state index in [1.807, 2.05) is 0 Å². The van der Waals surface area contributed by atoms with Crippen LogP contribution < -0.4 is 10.0 Å². The number of amides is 4. The summed E-state index contributed by atoms with van der Waals surface area (Å²) in [5.41, 5.74) is -1.36. The SMILES string of the molecule is C=CC1CC1(NC(=O)C1CC(OC(=O)N2Cc3cccc(F)c3C2)CN1C(=O)OC(C)(C)C)C(=O)NS(=O)(=O)C1CC1. The molecular formula is C28H35FN4O8S. The lowest BCUT2D eigenvalue weighted by molar-refractivity contribution is -0.131. The van der Waals surface area contributed by atoms with Crippen LogP contribution in [0.1, 0.15) is 57.6 Å². The Balaban J connectivity index is 1.30. The molecule has 0 radical (unpaired) electrons. The van der Waals surface area contributed by atoms with Crippen LogP contribution in [0.5, 0.6) is 0 Å². The second-order valence-electron chi connectivity index (χ2n) is 12.3. The van der Waals surface area contributed by atoms with Crippen molar-refractivity contribution in [1.82, 2.24) is 19.8 Å². The highest BCUT2D eigenvalue weighted by Crippen LogP contribution is 2.45. The van der Waals surface area contributed by atoms with Crippen molar-refractivity contribution in [1.29, 1.82) is 0 Å². The van der Waals surface area contributed by atoms with Crippen LogP contribution in [-0.2, 0) is 42.2 Å². The van der Waals surface area contributed by atoms with Crippen LogP contribution in [0.25, 0.3) is 0 Å². The van der Waals surface area contributed by atoms with E-state index < -0.39 is 74.3 Å². The van der Waals surface area contributed by atoms with Gasteiger partial charge in [-0.3, -0.25) is 24.1 Å². The van der Waals surface area contributed by atoms with E-state index in [0.717, 1.165) is 4.90 Å². The van der Waals surface area contributed by atoms with Gasteiger partial charge in [-0.15, -0.1) is 6.58 Å². The van der Waals surface area contributed by atoms with E-state index >= 15 is 0 Å². The number of nitrogens with zero attached hydrogens (tertiary/aromatic N) is 2. The maximum atomic E-state index is 14.2. The fraction of sp³-hybridized carbons (Fsp3) is 0.571. The number of likely N-dealkylation sites (tertiary alicyclic amines) is 1. The Hall–Kier alpha value is -3.68. The minimum atomic E-state index is -3.87. The molecule has 1 aromatic rings. The maximum Gasteiger partial charge on any atom is 0.411 e. The first kappa shape index (κ1) is 29.8. The molecule has 4 atom stereocenters. The number of ether oxygens (including phenoxy) is 2. The van der Waals surface area contributed by atoms with E-state index in [1.165, 1.54) is 17.0 Å². The van der Waals surface area contributed by atoms with Gasteiger partial charge in [-0.25, -0.2) is 22.4 Å². The fourth-order valence-corrected chi connectivity index (χ4v) is 6.76. The van der Waals surface area contributed by atoms with E-state index in [2.05, 4.69) is 16.6 Å². The molecule has 0 bridgehead atoms. The number of fused-ring (bicyclic) bond motifs is 1. The summed E-state index contributed by atoms with van der Waals surface area (Å²) in [5, 5.41) is 2.02. The van der Waals surface area contributed by atoms with Crippen LogP contribution in [-0.4, -0.2) is 77.3 Å². The number of halogens is 1. The standard InChI is InChI=1S/C28H35FN4O8S/c1-5-17-12-28(17,24(35)31-42(38,39)19-9-10-19)30-23(34)22-11-18(14-33(22)26(37)41-27(2,3)4)40-25(36)32-13-16-7-6-8-21(29)20(16)15-32/h5-8,17-19,22H,1,9-15H2,2-4H3,(H,30,34)(H,31,35). The van der Waals surface area contributed by atoms with Gasteiger partial charge in [-0.05, 0) is 51.7 Å². The summed E-state index contributed by atoms with van der Waals surface area (Å²) >= 11 is 0. The zero-order valence-electron chi connectivity index (χ0n) is 23.7. The van der Waals surface area contributed by atoms with Crippen molar-refractivity contribution in [2.45, 2.75) is 88.1 Å². The number of nitrogens with one attached hydrogen (secondary N) is 2. The topological polar surface area (TPSA) is 151 Å². The molecule has 0 aromatic heterocycles. The van der Waals surface area contributed by atoms with Gasteiger partial charge in [-0.1, -0.05) is 18.2 Å². The third kappa shape index (κ3) is 5.94. The van der Waals surface area contributed by atoms with E-state index in [4.69, 9.17) is 9.47 Å². The summed E-state index contributed by atoms with van der Waals surface area (Å²) in [5.74, 6) is -2.52. The molecule has 2 heterocycles. The molecule has 2 N–H and O–H groups in total. The summed E-state index contributed by atoms with van der Waals surface area (Å²) in [4.78, 5) is 55.3. The predicted molar refractivity (Wildman–Crippen MR) is 147 cm³/mol. The Bertz CT molecular complexity index is 1440. The molecule has 1 saturated heterocycles. The van der Waals surface area contributed by atoms with Gasteiger partial charge in [0.25, 0.3) is 5.91 Å². The molecule has 2 saturated carbocycles. The summed E-state index contributed by atoms with van der Waals surface area (Å²) in [6.45, 7) is 8.70. The predicted octanol–water partition coefficient (Wildman–Crippen LogP) is 2.33. The smallest absolute Gasteiger partial charge is 0.411 e. The highest BCUT2D eigenvalue weighted by molar-refractivity contribution is 7.91. The molecule has 5 rings (SSSR count). The molecule has 0 spiro atoms. The lowest BCUT2D eigenvalue weighted by Crippen LogP contribution is -2.56. The second-order valence-corrected chi connectivity index (χ2v) is 14.3. The van der Waals surface area contributed by atoms with E-state index in [9.17, 15) is 32.0 Å². The van der Waals surface area contributed by atoms with E-state index in [0.29, 0.717) is 24.0 Å². The number of carbonyl (C=O) groups is 4. The van der Waals surface area contributed by atoms with Gasteiger partial charge in [0.1, 0.15) is 29.1 Å². The fourth-order valence-electron chi connectivity index (χ4n) is 5.40. The highest BCUT2D eigenvalue weighted by Gasteiger charge is 2.62. The molecular weight excluding hydrogens is 571 g/mol. The zero-order valence-corrected chi connectivity index (χ0v) is 24.5. The molecule has 4 unspecified atom stereocenters. The normalized spacial score (nSPS) is 26.7. The minimum Gasteiger partial charge on any atom is -0.444 e. The van der Waals surface area contributed by atoms with Crippen molar-refractivity contribution in [2.75, 3.05) is 6.54 Å². The molecule has 12 nitrogen and oxygen atoms in total. The van der Waals surface area contributed by atoms with Crippen molar-refractivity contribution in [2.24, 2.45) is 5.92 Å². The Morgan fingerprint density at radius 2 is 1.86 bits per heavy atom. The third-order valence-corrected chi connectivity index (χ3v) is 9.71. The van der Waals surface area contributed by atoms with Gasteiger partial charge >= 0.3 is 12.2 Å². The van der Waals surface area contributed by atoms with Gasteiger partial charge in [0.05, 0.1) is 18.3 Å². The van der Waals surface area contributed by atoms with Crippen molar-refractivity contribution >= 4 is 34.0 Å². The molecule has 4 amide bonds. The summed E-state index contributed by atoms with van der Waals surface area (Å²) < 4.78 is 52.2. The molecule has 42 heavy (non-hydrogen) atoms. The molecule has 14 heteroatoms. The number of carbonyl (C=O) groups excluding carboxylic acids is 4. The Morgan fingerprint density at radius 3 is 2.45 bits per heavy atom. The monoisotopic (exact) mass is 606 g/mol. The lowest BCUT2D eigenvalue weighted by atomic mass is 10.1. The first-order valence-corrected chi connectivity index (χ1v) is 15.4. The summed E-state index contributed by atoms with van der Waals surface area (Å²) in [7, 11) is -3.87. The lowest BCUT2D eigenvalue weighted by Gasteiger charge is -2.29. The maximum absolute atomic E-state index is 14.2. The van der Waals surface area contributed by atoms with E-state index in [1.54, 1.807) is 32.9 Å². The van der Waals surface area contributed by atoms with Gasteiger partial charge < -0.3 is 14.8 Å². The van der Waals surface area contributed by atoms with Crippen LogP contribution in [0, 0.1) is 11.7 Å². The summed E-state index contributed by atoms with van der Waals surface area (Å²) in [6.07, 6.45) is -0.0229. The van der Waals surface area contributed by atoms with Crippen molar-refractivity contribution < 1.29 is 41.5 Å². The molecule has 3 fully saturated rings. The summed E-state index contributed by atoms with van der Waals surface area (Å²) in [6, 6.07) is 3.43. The first-order valence-electron chi connectivity index (χ1n) is 13.9. The molecule has 228 valence electrons. The first-order chi connectivity index (χ1) is 19.6. The quantitative estimate of drug-likeness (QED) is 0.449. The van der Waals surface area contributed by atoms with Crippen LogP contribution >= 0.6 is 0 Å². The Kier molecular flexibility index (Phi) is 7.48. The highest BCUT2D eigenvalue weighted by atomic mass is 32.2. The zero-order chi connectivity index (χ0) is 30.6. The van der Waals surface area contributed by atoms with Crippen LogP contribution in [0.15, 0.2) is 30.9 Å². The Morgan fingerprint density at radius 1 is 1.14 bits per heavy atom. The minimum absolute atomic E-state index is 0.0254. The van der Waals surface area contributed by atoms with Crippen LogP contribution in [0.3, 0.4) is 0 Å². The third-order valence-electron chi connectivity index (χ3n) is 7.89. The van der Waals surface area contributed by atoms with Crippen molar-refractivity contribution in [3.8, 4) is 0 Å². The second kappa shape index (κ2) is 10.5.